The summed E-state index contributed by atoms with van der Waals surface area (Å²) in [6.45, 7) is 1.95. The molecule has 0 fully saturated rings. The molecule has 1 heterocycles. The molecule has 2 aromatic rings. The Morgan fingerprint density at radius 2 is 2.14 bits per heavy atom. The molecule has 0 radical (unpaired) electrons. The van der Waals surface area contributed by atoms with Gasteiger partial charge in [0.2, 0.25) is 0 Å². The van der Waals surface area contributed by atoms with Crippen LogP contribution in [0.15, 0.2) is 35.4 Å². The zero-order valence-electron chi connectivity index (χ0n) is 11.8. The Kier molecular flexibility index (Phi) is 4.31. The molecule has 0 aliphatic carbocycles. The van der Waals surface area contributed by atoms with Crippen LogP contribution in [0.1, 0.15) is 11.1 Å². The molecule has 0 atom stereocenters. The Morgan fingerprint density at radius 1 is 1.38 bits per heavy atom. The maximum atomic E-state index is 12.4. The van der Waals surface area contributed by atoms with E-state index in [1.165, 1.54) is 10.7 Å². The van der Waals surface area contributed by atoms with Crippen molar-refractivity contribution in [2.75, 3.05) is 11.3 Å². The van der Waals surface area contributed by atoms with Crippen LogP contribution in [0, 0.1) is 18.8 Å². The second-order valence-electron chi connectivity index (χ2n) is 4.47. The number of nitrogens with one attached hydrogen (secondary N) is 1. The SMILES string of the molecule is Cc1ccc(C#CCN)cc1S(=O)(=O)Nc1ccn(C)n1. The van der Waals surface area contributed by atoms with E-state index in [0.717, 1.165) is 0 Å². The quantitative estimate of drug-likeness (QED) is 0.822. The lowest BCUT2D eigenvalue weighted by Gasteiger charge is -2.09. The molecule has 21 heavy (non-hydrogen) atoms. The van der Waals surface area contributed by atoms with Crippen LogP contribution in [-0.4, -0.2) is 24.7 Å². The van der Waals surface area contributed by atoms with Crippen LogP contribution in [0.25, 0.3) is 0 Å². The van der Waals surface area contributed by atoms with E-state index in [0.29, 0.717) is 11.1 Å². The van der Waals surface area contributed by atoms with Gasteiger partial charge in [0.05, 0.1) is 11.4 Å². The number of anilines is 1. The van der Waals surface area contributed by atoms with Crippen molar-refractivity contribution in [2.24, 2.45) is 12.8 Å². The molecule has 2 rings (SSSR count). The summed E-state index contributed by atoms with van der Waals surface area (Å²) in [4.78, 5) is 0.178. The number of hydrogen-bond donors (Lipinski definition) is 2. The topological polar surface area (TPSA) is 90.0 Å². The van der Waals surface area contributed by atoms with Gasteiger partial charge in [0.25, 0.3) is 10.0 Å². The highest BCUT2D eigenvalue weighted by atomic mass is 32.2. The summed E-state index contributed by atoms with van der Waals surface area (Å²) in [7, 11) is -1.99. The molecule has 0 saturated carbocycles. The average Bonchev–Trinajstić information content (AvgIpc) is 2.82. The Labute approximate surface area is 124 Å². The largest absolute Gasteiger partial charge is 0.320 e. The Balaban J connectivity index is 2.39. The third-order valence-electron chi connectivity index (χ3n) is 2.76. The fourth-order valence-corrected chi connectivity index (χ4v) is 3.05. The first-order chi connectivity index (χ1) is 9.92. The number of sulfonamides is 1. The van der Waals surface area contributed by atoms with Crippen molar-refractivity contribution < 1.29 is 8.42 Å². The summed E-state index contributed by atoms with van der Waals surface area (Å²) in [5.74, 6) is 5.80. The number of nitrogens with two attached hydrogens (primary N) is 1. The molecule has 0 amide bonds. The molecular weight excluding hydrogens is 288 g/mol. The van der Waals surface area contributed by atoms with Gasteiger partial charge in [-0.25, -0.2) is 8.42 Å². The summed E-state index contributed by atoms with van der Waals surface area (Å²) >= 11 is 0. The Bertz CT molecular complexity index is 813. The van der Waals surface area contributed by atoms with Crippen LogP contribution in [-0.2, 0) is 17.1 Å². The molecule has 0 bridgehead atoms. The van der Waals surface area contributed by atoms with Gasteiger partial charge in [0.15, 0.2) is 5.82 Å². The highest BCUT2D eigenvalue weighted by Gasteiger charge is 2.18. The van der Waals surface area contributed by atoms with Crippen molar-refractivity contribution in [1.82, 2.24) is 9.78 Å². The van der Waals surface area contributed by atoms with E-state index in [-0.39, 0.29) is 17.3 Å². The van der Waals surface area contributed by atoms with Crippen LogP contribution >= 0.6 is 0 Å². The van der Waals surface area contributed by atoms with Gasteiger partial charge in [-0.2, -0.15) is 5.10 Å². The minimum atomic E-state index is -3.70. The molecule has 0 saturated heterocycles. The minimum absolute atomic E-state index is 0.178. The van der Waals surface area contributed by atoms with Crippen LogP contribution in [0.3, 0.4) is 0 Å². The van der Waals surface area contributed by atoms with E-state index < -0.39 is 10.0 Å². The lowest BCUT2D eigenvalue weighted by molar-refractivity contribution is 0.600. The summed E-state index contributed by atoms with van der Waals surface area (Å²) in [5.41, 5.74) is 6.56. The van der Waals surface area contributed by atoms with Gasteiger partial charge in [-0.05, 0) is 24.6 Å². The third kappa shape index (κ3) is 3.62. The number of benzene rings is 1. The van der Waals surface area contributed by atoms with Crippen LogP contribution in [0.5, 0.6) is 0 Å². The Hall–Kier alpha value is -2.30. The van der Waals surface area contributed by atoms with Gasteiger partial charge in [-0.3, -0.25) is 9.40 Å². The van der Waals surface area contributed by atoms with Gasteiger partial charge >= 0.3 is 0 Å². The second-order valence-corrected chi connectivity index (χ2v) is 6.12. The van der Waals surface area contributed by atoms with E-state index in [4.69, 9.17) is 5.73 Å². The molecule has 7 heteroatoms. The van der Waals surface area contributed by atoms with Crippen LogP contribution in [0.4, 0.5) is 5.82 Å². The standard InChI is InChI=1S/C14H16N4O2S/c1-11-5-6-12(4-3-8-15)10-13(11)21(19,20)17-14-7-9-18(2)16-14/h5-7,9-10H,8,15H2,1-2H3,(H,16,17). The maximum absolute atomic E-state index is 12.4. The lowest BCUT2D eigenvalue weighted by Crippen LogP contribution is -2.15. The zero-order chi connectivity index (χ0) is 15.5. The molecule has 3 N–H and O–H groups in total. The van der Waals surface area contributed by atoms with E-state index in [2.05, 4.69) is 21.7 Å². The Morgan fingerprint density at radius 3 is 2.76 bits per heavy atom. The maximum Gasteiger partial charge on any atom is 0.263 e. The van der Waals surface area contributed by atoms with Gasteiger partial charge in [0.1, 0.15) is 0 Å². The normalized spacial score (nSPS) is 10.8. The second kappa shape index (κ2) is 5.99. The zero-order valence-corrected chi connectivity index (χ0v) is 12.6. The van der Waals surface area contributed by atoms with Crippen molar-refractivity contribution in [3.63, 3.8) is 0 Å². The fraction of sp³-hybridized carbons (Fsp3) is 0.214. The smallest absolute Gasteiger partial charge is 0.263 e. The lowest BCUT2D eigenvalue weighted by atomic mass is 10.1. The number of nitrogens with zero attached hydrogens (tertiary/aromatic N) is 2. The first kappa shape index (κ1) is 15.1. The van der Waals surface area contributed by atoms with Crippen molar-refractivity contribution in [2.45, 2.75) is 11.8 Å². The fourth-order valence-electron chi connectivity index (χ4n) is 1.78. The molecule has 1 aromatic carbocycles. The van der Waals surface area contributed by atoms with Gasteiger partial charge < -0.3 is 5.73 Å². The number of aryl methyl sites for hydroxylation is 2. The molecule has 110 valence electrons. The average molecular weight is 304 g/mol. The predicted octanol–water partition coefficient (Wildman–Crippen LogP) is 0.840. The van der Waals surface area contributed by atoms with Crippen molar-refractivity contribution in [1.29, 1.82) is 0 Å². The first-order valence-electron chi connectivity index (χ1n) is 6.24. The number of rotatable bonds is 3. The van der Waals surface area contributed by atoms with E-state index >= 15 is 0 Å². The van der Waals surface area contributed by atoms with Crippen molar-refractivity contribution in [3.05, 3.63) is 41.6 Å². The van der Waals surface area contributed by atoms with Gasteiger partial charge in [-0.1, -0.05) is 17.9 Å². The molecule has 0 unspecified atom stereocenters. The van der Waals surface area contributed by atoms with Crippen molar-refractivity contribution in [3.8, 4) is 11.8 Å². The molecule has 0 aliphatic rings. The minimum Gasteiger partial charge on any atom is -0.320 e. The summed E-state index contributed by atoms with van der Waals surface area (Å²) < 4.78 is 28.8. The van der Waals surface area contributed by atoms with E-state index in [1.54, 1.807) is 38.4 Å². The van der Waals surface area contributed by atoms with E-state index in [9.17, 15) is 8.42 Å². The molecule has 0 aliphatic heterocycles. The summed E-state index contributed by atoms with van der Waals surface area (Å²) in [6.07, 6.45) is 1.66. The van der Waals surface area contributed by atoms with Crippen molar-refractivity contribution >= 4 is 15.8 Å². The molecular formula is C14H16N4O2S. The summed E-state index contributed by atoms with van der Waals surface area (Å²) in [6, 6.07) is 6.60. The highest BCUT2D eigenvalue weighted by molar-refractivity contribution is 7.92. The third-order valence-corrected chi connectivity index (χ3v) is 4.26. The first-order valence-corrected chi connectivity index (χ1v) is 7.73. The molecule has 6 nitrogen and oxygen atoms in total. The monoisotopic (exact) mass is 304 g/mol. The van der Waals surface area contributed by atoms with Gasteiger partial charge in [0, 0.05) is 24.9 Å². The van der Waals surface area contributed by atoms with Gasteiger partial charge in [-0.15, -0.1) is 0 Å². The highest BCUT2D eigenvalue weighted by Crippen LogP contribution is 2.19. The summed E-state index contributed by atoms with van der Waals surface area (Å²) in [5, 5.41) is 4.00. The number of hydrogen-bond acceptors (Lipinski definition) is 4. The van der Waals surface area contributed by atoms with Crippen LogP contribution in [0.2, 0.25) is 0 Å². The predicted molar refractivity (Wildman–Crippen MR) is 81.1 cm³/mol. The van der Waals surface area contributed by atoms with E-state index in [1.807, 2.05) is 0 Å². The molecule has 0 spiro atoms. The molecule has 1 aromatic heterocycles. The van der Waals surface area contributed by atoms with Crippen LogP contribution < -0.4 is 10.5 Å². The number of aromatic nitrogens is 2.